The molecule has 3 fully saturated rings. The number of fused-ring (bicyclic) bond motifs is 5. The van der Waals surface area contributed by atoms with E-state index < -0.39 is 0 Å². The maximum atomic E-state index is 12.9. The third-order valence-corrected chi connectivity index (χ3v) is 6.61. The van der Waals surface area contributed by atoms with Gasteiger partial charge in [-0.3, -0.25) is 9.69 Å². The molecule has 5 heteroatoms. The summed E-state index contributed by atoms with van der Waals surface area (Å²) in [5.74, 6) is 1.46. The second kappa shape index (κ2) is 6.79. The van der Waals surface area contributed by atoms with Crippen molar-refractivity contribution in [2.45, 2.75) is 51.1 Å². The number of aromatic nitrogens is 1. The van der Waals surface area contributed by atoms with Gasteiger partial charge in [0.2, 0.25) is 5.91 Å². The summed E-state index contributed by atoms with van der Waals surface area (Å²) in [6, 6.07) is 11.7. The lowest BCUT2D eigenvalue weighted by Crippen LogP contribution is -2.48. The number of benzene rings is 1. The van der Waals surface area contributed by atoms with Gasteiger partial charge in [0.15, 0.2) is 0 Å². The molecule has 6 rings (SSSR count). The lowest BCUT2D eigenvalue weighted by atomic mass is 9.94. The molecule has 2 aromatic rings. The zero-order valence-corrected chi connectivity index (χ0v) is 15.9. The molecule has 2 bridgehead atoms. The summed E-state index contributed by atoms with van der Waals surface area (Å²) in [6.07, 6.45) is 5.01. The zero-order valence-electron chi connectivity index (χ0n) is 15.9. The van der Waals surface area contributed by atoms with Crippen molar-refractivity contribution in [1.29, 1.82) is 0 Å². The molecular weight excluding hydrogens is 338 g/mol. The molecular formula is C22H27N3O2. The monoisotopic (exact) mass is 365 g/mol. The topological polar surface area (TPSA) is 49.6 Å². The van der Waals surface area contributed by atoms with Gasteiger partial charge in [-0.2, -0.15) is 0 Å². The molecule has 4 heterocycles. The fourth-order valence-electron chi connectivity index (χ4n) is 5.27. The van der Waals surface area contributed by atoms with E-state index in [1.165, 1.54) is 17.5 Å². The summed E-state index contributed by atoms with van der Waals surface area (Å²) in [6.45, 7) is 4.92. The molecule has 2 unspecified atom stereocenters. The van der Waals surface area contributed by atoms with E-state index in [1.807, 2.05) is 13.0 Å². The van der Waals surface area contributed by atoms with Gasteiger partial charge >= 0.3 is 0 Å². The maximum Gasteiger partial charge on any atom is 0.230 e. The summed E-state index contributed by atoms with van der Waals surface area (Å²) in [5, 5.41) is 3.91. The van der Waals surface area contributed by atoms with Crippen LogP contribution < -0.4 is 0 Å². The van der Waals surface area contributed by atoms with Crippen molar-refractivity contribution in [1.82, 2.24) is 15.0 Å². The largest absolute Gasteiger partial charge is 0.361 e. The second-order valence-electron chi connectivity index (χ2n) is 8.54. The molecule has 1 aromatic heterocycles. The number of amides is 1. The van der Waals surface area contributed by atoms with Crippen LogP contribution in [0.2, 0.25) is 0 Å². The van der Waals surface area contributed by atoms with E-state index in [4.69, 9.17) is 4.52 Å². The number of nitrogens with zero attached hydrogens (tertiary/aromatic N) is 3. The first-order valence-corrected chi connectivity index (χ1v) is 10.2. The second-order valence-corrected chi connectivity index (χ2v) is 8.54. The Balaban J connectivity index is 1.28. The molecule has 0 radical (unpaired) electrons. The molecule has 1 aromatic carbocycles. The number of carbonyl (C=O) groups is 1. The van der Waals surface area contributed by atoms with Gasteiger partial charge in [0.05, 0.1) is 12.1 Å². The quantitative estimate of drug-likeness (QED) is 0.839. The fraction of sp³-hybridized carbons (Fsp3) is 0.545. The molecule has 0 N–H and O–H groups in total. The molecule has 3 aliphatic heterocycles. The number of rotatable bonds is 3. The minimum Gasteiger partial charge on any atom is -0.361 e. The van der Waals surface area contributed by atoms with Crippen LogP contribution in [0.15, 0.2) is 34.9 Å². The van der Waals surface area contributed by atoms with Crippen LogP contribution in [0.3, 0.4) is 0 Å². The van der Waals surface area contributed by atoms with Gasteiger partial charge in [-0.25, -0.2) is 0 Å². The van der Waals surface area contributed by atoms with E-state index in [0.717, 1.165) is 44.6 Å². The molecule has 4 aliphatic rings. The van der Waals surface area contributed by atoms with E-state index in [1.54, 1.807) is 0 Å². The lowest BCUT2D eigenvalue weighted by molar-refractivity contribution is -0.134. The molecule has 0 spiro atoms. The normalized spacial score (nSPS) is 25.6. The highest BCUT2D eigenvalue weighted by atomic mass is 16.5. The van der Waals surface area contributed by atoms with Gasteiger partial charge in [0, 0.05) is 37.8 Å². The van der Waals surface area contributed by atoms with Crippen LogP contribution in [-0.2, 0) is 24.1 Å². The maximum absolute atomic E-state index is 12.9. The number of piperidine rings is 1. The van der Waals surface area contributed by atoms with E-state index in [-0.39, 0.29) is 5.91 Å². The molecule has 0 saturated carbocycles. The highest BCUT2D eigenvalue weighted by Gasteiger charge is 2.40. The highest BCUT2D eigenvalue weighted by Crippen LogP contribution is 2.33. The van der Waals surface area contributed by atoms with Crippen LogP contribution in [0.1, 0.15) is 35.4 Å². The van der Waals surface area contributed by atoms with Crippen molar-refractivity contribution in [3.8, 4) is 0 Å². The first-order chi connectivity index (χ1) is 13.2. The molecule has 5 nitrogen and oxygen atoms in total. The Morgan fingerprint density at radius 3 is 2.59 bits per heavy atom. The van der Waals surface area contributed by atoms with E-state index in [2.05, 4.69) is 39.2 Å². The van der Waals surface area contributed by atoms with Crippen LogP contribution in [0, 0.1) is 12.8 Å². The van der Waals surface area contributed by atoms with Crippen molar-refractivity contribution in [2.75, 3.05) is 19.6 Å². The SMILES string of the molecule is Cc1cc(CC(=O)N2CC3CCC2CN(C2Cc4ccccc4C2)C3)on1. The van der Waals surface area contributed by atoms with Gasteiger partial charge in [-0.05, 0) is 49.7 Å². The molecule has 3 saturated heterocycles. The average Bonchev–Trinajstić information content (AvgIpc) is 3.16. The van der Waals surface area contributed by atoms with E-state index in [0.29, 0.717) is 30.2 Å². The Hall–Kier alpha value is -2.14. The van der Waals surface area contributed by atoms with Crippen LogP contribution in [0.4, 0.5) is 0 Å². The molecule has 1 amide bonds. The Morgan fingerprint density at radius 2 is 1.89 bits per heavy atom. The number of aryl methyl sites for hydroxylation is 1. The Bertz CT molecular complexity index is 821. The molecule has 142 valence electrons. The Labute approximate surface area is 160 Å². The summed E-state index contributed by atoms with van der Waals surface area (Å²) in [4.78, 5) is 17.8. The van der Waals surface area contributed by atoms with Gasteiger partial charge in [0.1, 0.15) is 5.76 Å². The number of hydrogen-bond donors (Lipinski definition) is 0. The lowest BCUT2D eigenvalue weighted by Gasteiger charge is -2.36. The van der Waals surface area contributed by atoms with Crippen molar-refractivity contribution >= 4 is 5.91 Å². The summed E-state index contributed by atoms with van der Waals surface area (Å²) in [5.41, 5.74) is 3.85. The minimum absolute atomic E-state index is 0.192. The van der Waals surface area contributed by atoms with Crippen molar-refractivity contribution in [3.05, 3.63) is 52.9 Å². The van der Waals surface area contributed by atoms with Crippen molar-refractivity contribution in [2.24, 2.45) is 5.92 Å². The van der Waals surface area contributed by atoms with Gasteiger partial charge in [-0.1, -0.05) is 29.4 Å². The standard InChI is InChI=1S/C22H27N3O2/c1-15-8-21(27-23-15)11-22(26)25-13-16-6-7-19(25)14-24(12-16)20-9-17-4-2-3-5-18(17)10-20/h2-5,8,16,19-20H,6-7,9-14H2,1H3. The van der Waals surface area contributed by atoms with Crippen molar-refractivity contribution < 1.29 is 9.32 Å². The third kappa shape index (κ3) is 3.29. The van der Waals surface area contributed by atoms with Gasteiger partial charge < -0.3 is 9.42 Å². The predicted octanol–water partition coefficient (Wildman–Crippen LogP) is 2.62. The smallest absolute Gasteiger partial charge is 0.230 e. The minimum atomic E-state index is 0.192. The molecule has 2 atom stereocenters. The first kappa shape index (κ1) is 17.0. The number of carbonyl (C=O) groups excluding carboxylic acids is 1. The van der Waals surface area contributed by atoms with Gasteiger partial charge in [0.25, 0.3) is 0 Å². The van der Waals surface area contributed by atoms with Gasteiger partial charge in [-0.15, -0.1) is 0 Å². The van der Waals surface area contributed by atoms with Crippen LogP contribution in [-0.4, -0.2) is 52.6 Å². The van der Waals surface area contributed by atoms with E-state index in [9.17, 15) is 4.79 Å². The van der Waals surface area contributed by atoms with E-state index >= 15 is 0 Å². The zero-order chi connectivity index (χ0) is 18.4. The number of hydrogen-bond acceptors (Lipinski definition) is 4. The first-order valence-electron chi connectivity index (χ1n) is 10.2. The van der Waals surface area contributed by atoms with Crippen LogP contribution >= 0.6 is 0 Å². The third-order valence-electron chi connectivity index (χ3n) is 6.61. The average molecular weight is 365 g/mol. The van der Waals surface area contributed by atoms with Crippen LogP contribution in [0.5, 0.6) is 0 Å². The van der Waals surface area contributed by atoms with Crippen molar-refractivity contribution in [3.63, 3.8) is 0 Å². The fourth-order valence-corrected chi connectivity index (χ4v) is 5.27. The Kier molecular flexibility index (Phi) is 4.27. The predicted molar refractivity (Wildman–Crippen MR) is 102 cm³/mol. The van der Waals surface area contributed by atoms with Crippen LogP contribution in [0.25, 0.3) is 0 Å². The molecule has 27 heavy (non-hydrogen) atoms. The highest BCUT2D eigenvalue weighted by molar-refractivity contribution is 5.78. The summed E-state index contributed by atoms with van der Waals surface area (Å²) in [7, 11) is 0. The molecule has 1 aliphatic carbocycles. The summed E-state index contributed by atoms with van der Waals surface area (Å²) >= 11 is 0. The Morgan fingerprint density at radius 1 is 1.11 bits per heavy atom. The summed E-state index contributed by atoms with van der Waals surface area (Å²) < 4.78 is 5.27.